The summed E-state index contributed by atoms with van der Waals surface area (Å²) in [6, 6.07) is 1.84. The van der Waals surface area contributed by atoms with Crippen LogP contribution in [0.1, 0.15) is 68.2 Å². The Kier molecular flexibility index (Phi) is 4.97. The number of carbonyl (C=O) groups excluding carboxylic acids is 1. The molecule has 1 atom stereocenters. The van der Waals surface area contributed by atoms with E-state index in [1.807, 2.05) is 6.07 Å². The first-order chi connectivity index (χ1) is 12.6. The molecule has 7 nitrogen and oxygen atoms in total. The van der Waals surface area contributed by atoms with Crippen LogP contribution in [0.2, 0.25) is 0 Å². The third-order valence-electron chi connectivity index (χ3n) is 4.78. The summed E-state index contributed by atoms with van der Waals surface area (Å²) in [5.74, 6) is -1.43. The maximum Gasteiger partial charge on any atom is 0.308 e. The van der Waals surface area contributed by atoms with E-state index >= 15 is 0 Å². The molecule has 1 saturated carbocycles. The number of carbonyl (C=O) groups is 2. The van der Waals surface area contributed by atoms with E-state index in [4.69, 9.17) is 9.63 Å². The second-order valence-corrected chi connectivity index (χ2v) is 8.84. The highest BCUT2D eigenvalue weighted by Crippen LogP contribution is 2.41. The Morgan fingerprint density at radius 2 is 2.04 bits per heavy atom. The lowest BCUT2D eigenvalue weighted by Gasteiger charge is -2.21. The molecule has 7 heteroatoms. The fourth-order valence-electron chi connectivity index (χ4n) is 3.19. The average Bonchev–Trinajstić information content (AvgIpc) is 3.35. The van der Waals surface area contributed by atoms with Gasteiger partial charge < -0.3 is 14.5 Å². The molecule has 0 radical (unpaired) electrons. The molecule has 146 valence electrons. The van der Waals surface area contributed by atoms with Gasteiger partial charge in [0.25, 0.3) is 11.6 Å². The van der Waals surface area contributed by atoms with Crippen LogP contribution in [0.25, 0.3) is 11.1 Å². The van der Waals surface area contributed by atoms with E-state index in [0.29, 0.717) is 29.0 Å². The number of pyridine rings is 1. The number of hydrogen-bond donors (Lipinski definition) is 1. The molecule has 0 bridgehead atoms. The number of fused-ring (bicyclic) bond motifs is 1. The van der Waals surface area contributed by atoms with Gasteiger partial charge in [0, 0.05) is 25.2 Å². The second kappa shape index (κ2) is 6.94. The maximum absolute atomic E-state index is 13.2. The number of hydrogen-bond acceptors (Lipinski definition) is 5. The third kappa shape index (κ3) is 4.28. The van der Waals surface area contributed by atoms with Crippen molar-refractivity contribution in [3.63, 3.8) is 0 Å². The van der Waals surface area contributed by atoms with Crippen LogP contribution in [0, 0.1) is 11.3 Å². The molecule has 27 heavy (non-hydrogen) atoms. The summed E-state index contributed by atoms with van der Waals surface area (Å²) in [7, 11) is 1.63. The molecule has 0 aliphatic heterocycles. The fourth-order valence-corrected chi connectivity index (χ4v) is 3.19. The quantitative estimate of drug-likeness (QED) is 0.833. The summed E-state index contributed by atoms with van der Waals surface area (Å²) >= 11 is 0. The van der Waals surface area contributed by atoms with E-state index < -0.39 is 11.9 Å². The Hall–Kier alpha value is -2.44. The van der Waals surface area contributed by atoms with E-state index in [9.17, 15) is 9.59 Å². The highest BCUT2D eigenvalue weighted by molar-refractivity contribution is 6.06. The van der Waals surface area contributed by atoms with Crippen molar-refractivity contribution in [2.24, 2.45) is 11.3 Å². The van der Waals surface area contributed by atoms with Gasteiger partial charge in [-0.15, -0.1) is 0 Å². The Bertz CT molecular complexity index is 877. The predicted octanol–water partition coefficient (Wildman–Crippen LogP) is 3.48. The largest absolute Gasteiger partial charge is 0.481 e. The van der Waals surface area contributed by atoms with Gasteiger partial charge in [-0.05, 0) is 30.7 Å². The van der Waals surface area contributed by atoms with Crippen molar-refractivity contribution >= 4 is 23.0 Å². The summed E-state index contributed by atoms with van der Waals surface area (Å²) < 4.78 is 5.48. The van der Waals surface area contributed by atoms with Gasteiger partial charge >= 0.3 is 5.97 Å². The maximum atomic E-state index is 13.2. The minimum Gasteiger partial charge on any atom is -0.481 e. The summed E-state index contributed by atoms with van der Waals surface area (Å²) in [4.78, 5) is 30.4. The van der Waals surface area contributed by atoms with Crippen LogP contribution in [0.5, 0.6) is 0 Å². The lowest BCUT2D eigenvalue weighted by atomic mass is 9.89. The fraction of sp³-hybridized carbons (Fsp3) is 0.600. The van der Waals surface area contributed by atoms with Gasteiger partial charge in [-0.1, -0.05) is 32.9 Å². The molecule has 2 aromatic rings. The monoisotopic (exact) mass is 373 g/mol. The van der Waals surface area contributed by atoms with E-state index in [0.717, 1.165) is 24.2 Å². The third-order valence-corrected chi connectivity index (χ3v) is 4.78. The van der Waals surface area contributed by atoms with Crippen molar-refractivity contribution in [3.05, 3.63) is 23.0 Å². The summed E-state index contributed by atoms with van der Waals surface area (Å²) in [5.41, 5.74) is 2.44. The van der Waals surface area contributed by atoms with Gasteiger partial charge in [0.2, 0.25) is 0 Å². The van der Waals surface area contributed by atoms with Crippen molar-refractivity contribution < 1.29 is 19.2 Å². The predicted molar refractivity (Wildman–Crippen MR) is 101 cm³/mol. The zero-order valence-corrected chi connectivity index (χ0v) is 16.6. The lowest BCUT2D eigenvalue weighted by molar-refractivity contribution is -0.141. The topological polar surface area (TPSA) is 96.5 Å². The summed E-state index contributed by atoms with van der Waals surface area (Å²) in [5, 5.41) is 14.0. The molecular weight excluding hydrogens is 346 g/mol. The van der Waals surface area contributed by atoms with E-state index in [1.54, 1.807) is 14.0 Å². The normalized spacial score (nSPS) is 15.7. The minimum atomic E-state index is -0.924. The first-order valence-corrected chi connectivity index (χ1v) is 9.34. The molecule has 1 unspecified atom stereocenters. The highest BCUT2D eigenvalue weighted by Gasteiger charge is 2.31. The number of rotatable bonds is 6. The van der Waals surface area contributed by atoms with Gasteiger partial charge in [0.05, 0.1) is 22.6 Å². The average molecular weight is 373 g/mol. The highest BCUT2D eigenvalue weighted by atomic mass is 16.5. The smallest absolute Gasteiger partial charge is 0.308 e. The van der Waals surface area contributed by atoms with Crippen molar-refractivity contribution in [3.8, 4) is 0 Å². The second-order valence-electron chi connectivity index (χ2n) is 8.84. The zero-order valence-electron chi connectivity index (χ0n) is 16.6. The first-order valence-electron chi connectivity index (χ1n) is 9.34. The molecule has 1 fully saturated rings. The molecule has 0 aromatic carbocycles. The van der Waals surface area contributed by atoms with Crippen molar-refractivity contribution in [2.45, 2.75) is 52.9 Å². The van der Waals surface area contributed by atoms with Crippen molar-refractivity contribution in [2.75, 3.05) is 13.6 Å². The summed E-state index contributed by atoms with van der Waals surface area (Å²) in [6.45, 7) is 8.02. The Balaban J connectivity index is 2.04. The van der Waals surface area contributed by atoms with Gasteiger partial charge in [0.15, 0.2) is 0 Å². The van der Waals surface area contributed by atoms with Gasteiger partial charge in [0.1, 0.15) is 0 Å². The van der Waals surface area contributed by atoms with Crippen molar-refractivity contribution in [1.82, 2.24) is 15.0 Å². The van der Waals surface area contributed by atoms with Crippen LogP contribution in [-0.2, 0) is 11.2 Å². The molecule has 1 aliphatic carbocycles. The molecule has 1 N–H and O–H groups in total. The molecule has 3 rings (SSSR count). The number of amides is 1. The Morgan fingerprint density at radius 1 is 1.37 bits per heavy atom. The van der Waals surface area contributed by atoms with Gasteiger partial charge in [-0.3, -0.25) is 9.59 Å². The molecular formula is C20H27N3O4. The van der Waals surface area contributed by atoms with E-state index in [1.165, 1.54) is 4.90 Å². The van der Waals surface area contributed by atoms with Crippen LogP contribution in [0.3, 0.4) is 0 Å². The molecule has 1 aliphatic rings. The van der Waals surface area contributed by atoms with Crippen molar-refractivity contribution in [1.29, 1.82) is 0 Å². The molecule has 1 amide bonds. The number of aromatic nitrogens is 2. The van der Waals surface area contributed by atoms with Crippen LogP contribution in [0.4, 0.5) is 0 Å². The number of aliphatic carboxylic acids is 1. The van der Waals surface area contributed by atoms with E-state index in [2.05, 4.69) is 30.9 Å². The van der Waals surface area contributed by atoms with Crippen LogP contribution >= 0.6 is 0 Å². The first kappa shape index (κ1) is 19.3. The molecule has 2 aromatic heterocycles. The minimum absolute atomic E-state index is 0.0248. The van der Waals surface area contributed by atoms with Crippen LogP contribution in [-0.4, -0.2) is 45.6 Å². The van der Waals surface area contributed by atoms with Crippen LogP contribution in [0.15, 0.2) is 10.6 Å². The van der Waals surface area contributed by atoms with Gasteiger partial charge in [-0.2, -0.15) is 0 Å². The zero-order chi connectivity index (χ0) is 19.9. The molecule has 0 saturated heterocycles. The molecule has 0 spiro atoms. The Morgan fingerprint density at radius 3 is 2.59 bits per heavy atom. The number of nitrogens with zero attached hydrogens (tertiary/aromatic N) is 3. The van der Waals surface area contributed by atoms with E-state index in [-0.39, 0.29) is 17.9 Å². The van der Waals surface area contributed by atoms with Crippen LogP contribution < -0.4 is 0 Å². The lowest BCUT2D eigenvalue weighted by Crippen LogP contribution is -2.34. The molecule has 2 heterocycles. The number of carboxylic acid groups (broad SMARTS) is 1. The van der Waals surface area contributed by atoms with Gasteiger partial charge in [-0.25, -0.2) is 4.98 Å². The Labute approximate surface area is 158 Å². The SMILES string of the molecule is CC(CN(C)C(=O)c1cc(C2CC2)nc2onc(CC(C)(C)C)c12)C(=O)O. The summed E-state index contributed by atoms with van der Waals surface area (Å²) in [6.07, 6.45) is 2.77. The standard InChI is InChI=1S/C20H27N3O4/c1-11(19(25)26)10-23(5)18(24)13-8-14(12-6-7-12)21-17-16(13)15(22-27-17)9-20(2,3)4/h8,11-12H,6-7,9-10H2,1-5H3,(H,25,26). The number of carboxylic acids is 1.